The van der Waals surface area contributed by atoms with Crippen LogP contribution in [0.4, 0.5) is 13.2 Å². The predicted octanol–water partition coefficient (Wildman–Crippen LogP) is 2.08. The van der Waals surface area contributed by atoms with E-state index < -0.39 is 18.2 Å². The highest BCUT2D eigenvalue weighted by Gasteiger charge is 2.44. The average Bonchev–Trinajstić information content (AvgIpc) is 2.85. The zero-order valence-corrected chi connectivity index (χ0v) is 10.5. The first-order valence-electron chi connectivity index (χ1n) is 5.84. The van der Waals surface area contributed by atoms with E-state index in [9.17, 15) is 13.2 Å². The van der Waals surface area contributed by atoms with Crippen LogP contribution in [0.25, 0.3) is 0 Å². The highest BCUT2D eigenvalue weighted by Crippen LogP contribution is 2.30. The molecule has 2 heterocycles. The van der Waals surface area contributed by atoms with Crippen LogP contribution in [0.15, 0.2) is 29.0 Å². The molecule has 0 amide bonds. The minimum atomic E-state index is -4.72. The number of aromatic nitrogens is 3. The Bertz CT molecular complexity index is 557. The van der Waals surface area contributed by atoms with Gasteiger partial charge in [0, 0.05) is 18.8 Å². The van der Waals surface area contributed by atoms with E-state index in [0.29, 0.717) is 6.42 Å². The number of pyridine rings is 1. The van der Waals surface area contributed by atoms with Crippen LogP contribution in [-0.2, 0) is 6.42 Å². The van der Waals surface area contributed by atoms with Crippen LogP contribution in [0.2, 0.25) is 0 Å². The van der Waals surface area contributed by atoms with E-state index in [1.54, 1.807) is 24.5 Å². The van der Waals surface area contributed by atoms with E-state index in [-0.39, 0.29) is 11.7 Å². The first-order valence-corrected chi connectivity index (χ1v) is 5.84. The Morgan fingerprint density at radius 3 is 2.55 bits per heavy atom. The maximum Gasteiger partial charge on any atom is 0.415 e. The van der Waals surface area contributed by atoms with Crippen molar-refractivity contribution < 1.29 is 22.8 Å². The average molecular weight is 287 g/mol. The highest BCUT2D eigenvalue weighted by atomic mass is 19.4. The van der Waals surface area contributed by atoms with Gasteiger partial charge in [0.15, 0.2) is 11.9 Å². The van der Waals surface area contributed by atoms with E-state index in [4.69, 9.17) is 9.63 Å². The van der Waals surface area contributed by atoms with E-state index in [1.165, 1.54) is 6.92 Å². The molecule has 5 nitrogen and oxygen atoms in total. The minimum Gasteiger partial charge on any atom is -0.383 e. The fourth-order valence-electron chi connectivity index (χ4n) is 1.63. The Labute approximate surface area is 112 Å². The zero-order chi connectivity index (χ0) is 14.8. The molecule has 2 aromatic heterocycles. The molecule has 2 aromatic rings. The van der Waals surface area contributed by atoms with Crippen molar-refractivity contribution in [1.29, 1.82) is 0 Å². The summed E-state index contributed by atoms with van der Waals surface area (Å²) < 4.78 is 42.0. The van der Waals surface area contributed by atoms with Gasteiger partial charge < -0.3 is 9.63 Å². The van der Waals surface area contributed by atoms with Gasteiger partial charge in [-0.05, 0) is 17.7 Å². The SMILES string of the molecule is CC(c1nc(Cc2ccncc2)no1)C(O)C(F)(F)F. The van der Waals surface area contributed by atoms with E-state index in [1.807, 2.05) is 0 Å². The lowest BCUT2D eigenvalue weighted by Crippen LogP contribution is -2.33. The highest BCUT2D eigenvalue weighted by molar-refractivity contribution is 5.15. The lowest BCUT2D eigenvalue weighted by atomic mass is 10.0. The topological polar surface area (TPSA) is 72.0 Å². The Hall–Kier alpha value is -1.96. The molecule has 8 heteroatoms. The second-order valence-corrected chi connectivity index (χ2v) is 4.36. The van der Waals surface area contributed by atoms with Crippen LogP contribution >= 0.6 is 0 Å². The number of halogens is 3. The summed E-state index contributed by atoms with van der Waals surface area (Å²) in [6, 6.07) is 3.48. The second-order valence-electron chi connectivity index (χ2n) is 4.36. The second kappa shape index (κ2) is 5.58. The third-order valence-corrected chi connectivity index (χ3v) is 2.79. The number of rotatable bonds is 4. The number of hydrogen-bond donors (Lipinski definition) is 1. The van der Waals surface area contributed by atoms with Gasteiger partial charge in [0.05, 0.1) is 5.92 Å². The maximum absolute atomic E-state index is 12.4. The minimum absolute atomic E-state index is 0.237. The smallest absolute Gasteiger partial charge is 0.383 e. The number of aliphatic hydroxyl groups excluding tert-OH is 1. The molecule has 2 rings (SSSR count). The van der Waals surface area contributed by atoms with Gasteiger partial charge in [0.2, 0.25) is 5.89 Å². The number of hydrogen-bond acceptors (Lipinski definition) is 5. The lowest BCUT2D eigenvalue weighted by Gasteiger charge is -2.17. The van der Waals surface area contributed by atoms with E-state index >= 15 is 0 Å². The van der Waals surface area contributed by atoms with Gasteiger partial charge >= 0.3 is 6.18 Å². The van der Waals surface area contributed by atoms with Gasteiger partial charge in [-0.1, -0.05) is 12.1 Å². The van der Waals surface area contributed by atoms with Crippen LogP contribution < -0.4 is 0 Å². The Morgan fingerprint density at radius 2 is 1.95 bits per heavy atom. The molecule has 0 spiro atoms. The summed E-state index contributed by atoms with van der Waals surface area (Å²) in [7, 11) is 0. The molecule has 0 radical (unpaired) electrons. The first kappa shape index (κ1) is 14.4. The zero-order valence-electron chi connectivity index (χ0n) is 10.5. The van der Waals surface area contributed by atoms with Gasteiger partial charge in [-0.2, -0.15) is 18.2 Å². The largest absolute Gasteiger partial charge is 0.415 e. The van der Waals surface area contributed by atoms with Gasteiger partial charge in [0.1, 0.15) is 0 Å². The van der Waals surface area contributed by atoms with E-state index in [2.05, 4.69) is 15.1 Å². The Morgan fingerprint density at radius 1 is 1.30 bits per heavy atom. The molecule has 0 saturated carbocycles. The van der Waals surface area contributed by atoms with Crippen LogP contribution in [0.5, 0.6) is 0 Å². The van der Waals surface area contributed by atoms with Crippen molar-refractivity contribution in [2.24, 2.45) is 0 Å². The molecule has 2 atom stereocenters. The number of nitrogens with zero attached hydrogens (tertiary/aromatic N) is 3. The fraction of sp³-hybridized carbons (Fsp3) is 0.417. The number of aliphatic hydroxyl groups is 1. The molecule has 2 unspecified atom stereocenters. The van der Waals surface area contributed by atoms with Crippen LogP contribution in [0.1, 0.15) is 30.1 Å². The summed E-state index contributed by atoms with van der Waals surface area (Å²) in [6.45, 7) is 1.18. The molecule has 0 saturated heterocycles. The molecule has 108 valence electrons. The molecule has 0 bridgehead atoms. The van der Waals surface area contributed by atoms with Crippen LogP contribution in [-0.4, -0.2) is 32.5 Å². The first-order chi connectivity index (χ1) is 9.38. The molecule has 0 aliphatic heterocycles. The van der Waals surface area contributed by atoms with Crippen LogP contribution in [0.3, 0.4) is 0 Å². The predicted molar refractivity (Wildman–Crippen MR) is 61.8 cm³/mol. The van der Waals surface area contributed by atoms with Crippen molar-refractivity contribution in [2.45, 2.75) is 31.5 Å². The van der Waals surface area contributed by atoms with Gasteiger partial charge in [-0.3, -0.25) is 4.98 Å². The summed E-state index contributed by atoms with van der Waals surface area (Å²) in [5.41, 5.74) is 0.858. The quantitative estimate of drug-likeness (QED) is 0.932. The third-order valence-electron chi connectivity index (χ3n) is 2.79. The molecule has 20 heavy (non-hydrogen) atoms. The lowest BCUT2D eigenvalue weighted by molar-refractivity contribution is -0.210. The summed E-state index contributed by atoms with van der Waals surface area (Å²) in [4.78, 5) is 7.73. The maximum atomic E-state index is 12.4. The normalized spacial score (nSPS) is 15.1. The monoisotopic (exact) mass is 287 g/mol. The fourth-order valence-corrected chi connectivity index (χ4v) is 1.63. The van der Waals surface area contributed by atoms with E-state index in [0.717, 1.165) is 5.56 Å². The van der Waals surface area contributed by atoms with Gasteiger partial charge in [-0.15, -0.1) is 0 Å². The summed E-state index contributed by atoms with van der Waals surface area (Å²) >= 11 is 0. The molecule has 0 aliphatic rings. The number of alkyl halides is 3. The third kappa shape index (κ3) is 3.32. The molecule has 0 aromatic carbocycles. The van der Waals surface area contributed by atoms with Gasteiger partial charge in [0.25, 0.3) is 0 Å². The van der Waals surface area contributed by atoms with Crippen LogP contribution in [0, 0.1) is 0 Å². The van der Waals surface area contributed by atoms with Crippen molar-refractivity contribution in [3.8, 4) is 0 Å². The van der Waals surface area contributed by atoms with Crippen molar-refractivity contribution in [3.05, 3.63) is 41.8 Å². The Kier molecular flexibility index (Phi) is 4.03. The molecular weight excluding hydrogens is 275 g/mol. The standard InChI is InChI=1S/C12H12F3N3O2/c1-7(10(19)12(13,14)15)11-17-9(18-20-11)6-8-2-4-16-5-3-8/h2-5,7,10,19H,6H2,1H3. The van der Waals surface area contributed by atoms with Crippen molar-refractivity contribution in [3.63, 3.8) is 0 Å². The van der Waals surface area contributed by atoms with Crippen molar-refractivity contribution in [1.82, 2.24) is 15.1 Å². The summed E-state index contributed by atoms with van der Waals surface area (Å²) in [6.07, 6.45) is -3.75. The van der Waals surface area contributed by atoms with Crippen molar-refractivity contribution in [2.75, 3.05) is 0 Å². The summed E-state index contributed by atoms with van der Waals surface area (Å²) in [5, 5.41) is 12.8. The molecular formula is C12H12F3N3O2. The molecule has 0 aliphatic carbocycles. The summed E-state index contributed by atoms with van der Waals surface area (Å²) in [5.74, 6) is -1.29. The molecule has 0 fully saturated rings. The Balaban J connectivity index is 2.09. The van der Waals surface area contributed by atoms with Crippen molar-refractivity contribution >= 4 is 0 Å². The molecule has 1 N–H and O–H groups in total. The van der Waals surface area contributed by atoms with Gasteiger partial charge in [-0.25, -0.2) is 0 Å².